The maximum Gasteiger partial charge on any atom is 0.322 e. The number of esters is 1. The van der Waals surface area contributed by atoms with Crippen molar-refractivity contribution in [2.45, 2.75) is 38.8 Å². The zero-order valence-electron chi connectivity index (χ0n) is 13.6. The van der Waals surface area contributed by atoms with E-state index in [0.717, 1.165) is 31.5 Å². The van der Waals surface area contributed by atoms with Crippen LogP contribution in [0.1, 0.15) is 25.5 Å². The number of hydrogen-bond donors (Lipinski definition) is 0. The first kappa shape index (κ1) is 18.1. The Hall–Kier alpha value is -1.95. The lowest BCUT2D eigenvalue weighted by Gasteiger charge is -2.25. The molecule has 0 bridgehead atoms. The minimum atomic E-state index is -0.253. The fourth-order valence-corrected chi connectivity index (χ4v) is 2.22. The molecule has 0 spiro atoms. The molecule has 1 rings (SSSR count). The van der Waals surface area contributed by atoms with Crippen molar-refractivity contribution in [2.24, 2.45) is 0 Å². The summed E-state index contributed by atoms with van der Waals surface area (Å²) in [5, 5.41) is 8.15. The van der Waals surface area contributed by atoms with Crippen molar-refractivity contribution in [2.75, 3.05) is 20.2 Å². The third-order valence-corrected chi connectivity index (χ3v) is 3.48. The summed E-state index contributed by atoms with van der Waals surface area (Å²) in [7, 11) is 1.41. The first-order valence-corrected chi connectivity index (χ1v) is 7.55. The van der Waals surface area contributed by atoms with Crippen LogP contribution in [0.2, 0.25) is 0 Å². The Labute approximate surface area is 132 Å². The molecule has 0 fully saturated rings. The van der Waals surface area contributed by atoms with Crippen LogP contribution >= 0.6 is 0 Å². The monoisotopic (exact) mass is 306 g/mol. The highest BCUT2D eigenvalue weighted by Crippen LogP contribution is 2.07. The number of rotatable bonds is 11. The van der Waals surface area contributed by atoms with Gasteiger partial charge in [0.05, 0.1) is 19.3 Å². The van der Waals surface area contributed by atoms with Gasteiger partial charge in [0.15, 0.2) is 0 Å². The minimum Gasteiger partial charge on any atom is -0.468 e. The summed E-state index contributed by atoms with van der Waals surface area (Å²) in [5.74, 6) is -0.214. The van der Waals surface area contributed by atoms with Gasteiger partial charge in [0.25, 0.3) is 0 Å². The Kier molecular flexibility index (Phi) is 8.14. The zero-order valence-corrected chi connectivity index (χ0v) is 13.6. The van der Waals surface area contributed by atoms with Gasteiger partial charge in [-0.2, -0.15) is 0 Å². The van der Waals surface area contributed by atoms with Crippen LogP contribution in [-0.4, -0.2) is 52.1 Å². The molecule has 1 aromatic rings. The Morgan fingerprint density at radius 1 is 1.45 bits per heavy atom. The second-order valence-corrected chi connectivity index (χ2v) is 5.16. The van der Waals surface area contributed by atoms with Gasteiger partial charge in [-0.3, -0.25) is 9.69 Å². The summed E-state index contributed by atoms with van der Waals surface area (Å²) in [4.78, 5) is 13.7. The van der Waals surface area contributed by atoms with Gasteiger partial charge in [-0.25, -0.2) is 4.68 Å². The van der Waals surface area contributed by atoms with Gasteiger partial charge in [-0.05, 0) is 32.7 Å². The number of carbonyl (C=O) groups excluding carboxylic acids is 1. The second-order valence-electron chi connectivity index (χ2n) is 5.16. The van der Waals surface area contributed by atoms with Gasteiger partial charge < -0.3 is 4.74 Å². The summed E-state index contributed by atoms with van der Waals surface area (Å²) >= 11 is 0. The summed E-state index contributed by atoms with van der Waals surface area (Å²) in [6, 6.07) is -0.253. The second kappa shape index (κ2) is 9.89. The number of methoxy groups -OCH3 is 1. The Morgan fingerprint density at radius 3 is 2.86 bits per heavy atom. The topological polar surface area (TPSA) is 60.2 Å². The highest BCUT2D eigenvalue weighted by molar-refractivity contribution is 5.75. The number of aryl methyl sites for hydroxylation is 1. The van der Waals surface area contributed by atoms with E-state index < -0.39 is 0 Å². The molecule has 0 aliphatic carbocycles. The quantitative estimate of drug-likeness (QED) is 0.355. The SMILES string of the molecule is C=CCN(CCCCc1cn(CC=C)nn1)[C@@H](C)C(=O)OC. The maximum absolute atomic E-state index is 11.6. The molecule has 6 heteroatoms. The van der Waals surface area contributed by atoms with Crippen molar-refractivity contribution < 1.29 is 9.53 Å². The fraction of sp³-hybridized carbons (Fsp3) is 0.562. The predicted molar refractivity (Wildman–Crippen MR) is 86.4 cm³/mol. The van der Waals surface area contributed by atoms with Crippen LogP contribution in [0, 0.1) is 0 Å². The van der Waals surface area contributed by atoms with E-state index in [9.17, 15) is 4.79 Å². The zero-order chi connectivity index (χ0) is 16.4. The number of unbranched alkanes of at least 4 members (excludes halogenated alkanes) is 1. The van der Waals surface area contributed by atoms with Crippen molar-refractivity contribution in [3.63, 3.8) is 0 Å². The lowest BCUT2D eigenvalue weighted by molar-refractivity contribution is -0.146. The van der Waals surface area contributed by atoms with E-state index in [1.165, 1.54) is 7.11 Å². The Morgan fingerprint density at radius 2 is 2.23 bits per heavy atom. The van der Waals surface area contributed by atoms with Crippen LogP contribution < -0.4 is 0 Å². The molecule has 0 N–H and O–H groups in total. The molecule has 1 heterocycles. The van der Waals surface area contributed by atoms with Crippen LogP contribution in [-0.2, 0) is 22.5 Å². The summed E-state index contributed by atoms with van der Waals surface area (Å²) in [6.07, 6.45) is 8.39. The van der Waals surface area contributed by atoms with Crippen molar-refractivity contribution in [3.05, 3.63) is 37.2 Å². The Bertz CT molecular complexity index is 484. The van der Waals surface area contributed by atoms with E-state index >= 15 is 0 Å². The van der Waals surface area contributed by atoms with Crippen molar-refractivity contribution in [1.29, 1.82) is 0 Å². The summed E-state index contributed by atoms with van der Waals surface area (Å²) in [6.45, 7) is 11.4. The van der Waals surface area contributed by atoms with E-state index in [1.807, 2.05) is 13.1 Å². The van der Waals surface area contributed by atoms with Gasteiger partial charge in [0, 0.05) is 12.7 Å². The predicted octanol–water partition coefficient (Wildman–Crippen LogP) is 1.84. The normalized spacial score (nSPS) is 12.1. The van der Waals surface area contributed by atoms with E-state index in [-0.39, 0.29) is 12.0 Å². The van der Waals surface area contributed by atoms with Gasteiger partial charge in [0.2, 0.25) is 0 Å². The van der Waals surface area contributed by atoms with Crippen molar-refractivity contribution in [3.8, 4) is 0 Å². The maximum atomic E-state index is 11.6. The lowest BCUT2D eigenvalue weighted by Crippen LogP contribution is -2.40. The molecule has 0 unspecified atom stereocenters. The fourth-order valence-electron chi connectivity index (χ4n) is 2.22. The van der Waals surface area contributed by atoms with Crippen LogP contribution in [0.3, 0.4) is 0 Å². The molecule has 0 saturated heterocycles. The van der Waals surface area contributed by atoms with E-state index in [4.69, 9.17) is 4.74 Å². The average molecular weight is 306 g/mol. The first-order chi connectivity index (χ1) is 10.6. The van der Waals surface area contributed by atoms with E-state index in [1.54, 1.807) is 16.8 Å². The number of ether oxygens (including phenoxy) is 1. The molecule has 0 aromatic carbocycles. The summed E-state index contributed by atoms with van der Waals surface area (Å²) < 4.78 is 6.57. The number of aromatic nitrogens is 3. The van der Waals surface area contributed by atoms with E-state index in [2.05, 4.69) is 28.4 Å². The van der Waals surface area contributed by atoms with Crippen molar-refractivity contribution in [1.82, 2.24) is 19.9 Å². The molecule has 0 saturated carbocycles. The van der Waals surface area contributed by atoms with Crippen molar-refractivity contribution >= 4 is 5.97 Å². The number of nitrogens with zero attached hydrogens (tertiary/aromatic N) is 4. The third kappa shape index (κ3) is 5.81. The number of carbonyl (C=O) groups is 1. The molecular weight excluding hydrogens is 280 g/mol. The summed E-state index contributed by atoms with van der Waals surface area (Å²) in [5.41, 5.74) is 0.984. The minimum absolute atomic E-state index is 0.214. The van der Waals surface area contributed by atoms with Gasteiger partial charge in [0.1, 0.15) is 6.04 Å². The molecule has 22 heavy (non-hydrogen) atoms. The standard InChI is InChI=1S/C16H26N4O2/c1-5-10-19(14(3)16(21)22-4)12-8-7-9-15-13-20(11-6-2)18-17-15/h5-6,13-14H,1-2,7-12H2,3-4H3/t14-/m0/s1. The molecule has 1 aromatic heterocycles. The van der Waals surface area contributed by atoms with Gasteiger partial charge in [-0.1, -0.05) is 17.4 Å². The smallest absolute Gasteiger partial charge is 0.322 e. The molecule has 0 amide bonds. The third-order valence-electron chi connectivity index (χ3n) is 3.48. The van der Waals surface area contributed by atoms with Crippen LogP contribution in [0.25, 0.3) is 0 Å². The van der Waals surface area contributed by atoms with Gasteiger partial charge in [-0.15, -0.1) is 18.3 Å². The Balaban J connectivity index is 2.37. The lowest BCUT2D eigenvalue weighted by atomic mass is 10.1. The molecule has 6 nitrogen and oxygen atoms in total. The van der Waals surface area contributed by atoms with Crippen LogP contribution in [0.15, 0.2) is 31.5 Å². The molecular formula is C16H26N4O2. The molecule has 122 valence electrons. The van der Waals surface area contributed by atoms with Gasteiger partial charge >= 0.3 is 5.97 Å². The molecule has 0 radical (unpaired) electrons. The van der Waals surface area contributed by atoms with Crippen LogP contribution in [0.5, 0.6) is 0 Å². The molecule has 0 aliphatic rings. The molecule has 1 atom stereocenters. The largest absolute Gasteiger partial charge is 0.468 e. The highest BCUT2D eigenvalue weighted by Gasteiger charge is 2.20. The number of hydrogen-bond acceptors (Lipinski definition) is 5. The number of allylic oxidation sites excluding steroid dienone is 1. The molecule has 0 aliphatic heterocycles. The average Bonchev–Trinajstić information content (AvgIpc) is 2.96. The first-order valence-electron chi connectivity index (χ1n) is 7.55. The van der Waals surface area contributed by atoms with Crippen LogP contribution in [0.4, 0.5) is 0 Å². The highest BCUT2D eigenvalue weighted by atomic mass is 16.5. The van der Waals surface area contributed by atoms with E-state index in [0.29, 0.717) is 13.1 Å².